The minimum atomic E-state index is -0.553. The summed E-state index contributed by atoms with van der Waals surface area (Å²) in [5.74, 6) is -0.0728. The third-order valence-electron chi connectivity index (χ3n) is 5.39. The van der Waals surface area contributed by atoms with Crippen LogP contribution in [0.4, 0.5) is 0 Å². The summed E-state index contributed by atoms with van der Waals surface area (Å²) >= 11 is 0. The first kappa shape index (κ1) is 26.0. The Balaban J connectivity index is 1.66. The highest BCUT2D eigenvalue weighted by molar-refractivity contribution is 6.01. The third kappa shape index (κ3) is 7.44. The lowest BCUT2D eigenvalue weighted by molar-refractivity contribution is -0.129. The molecule has 0 radical (unpaired) electrons. The van der Waals surface area contributed by atoms with E-state index in [1.807, 2.05) is 60.7 Å². The van der Waals surface area contributed by atoms with Crippen molar-refractivity contribution in [2.75, 3.05) is 7.11 Å². The van der Waals surface area contributed by atoms with Gasteiger partial charge >= 0.3 is 5.97 Å². The van der Waals surface area contributed by atoms with E-state index in [-0.39, 0.29) is 11.3 Å². The van der Waals surface area contributed by atoms with Crippen LogP contribution in [0.5, 0.6) is 11.5 Å². The first-order chi connectivity index (χ1) is 17.4. The van der Waals surface area contributed by atoms with Gasteiger partial charge in [0.15, 0.2) is 11.5 Å². The van der Waals surface area contributed by atoms with Gasteiger partial charge in [0.05, 0.1) is 7.11 Å². The maximum Gasteiger partial charge on any atom is 0.336 e. The quantitative estimate of drug-likeness (QED) is 0.185. The number of hydrogen-bond donors (Lipinski definition) is 1. The van der Waals surface area contributed by atoms with E-state index in [4.69, 9.17) is 9.47 Å². The Kier molecular flexibility index (Phi) is 9.19. The number of carbonyl (C=O) groups excluding carboxylic acids is 2. The summed E-state index contributed by atoms with van der Waals surface area (Å²) in [6.45, 7) is 4.56. The van der Waals surface area contributed by atoms with E-state index in [1.54, 1.807) is 24.3 Å². The Morgan fingerprint density at radius 3 is 2.31 bits per heavy atom. The number of benzene rings is 3. The van der Waals surface area contributed by atoms with Gasteiger partial charge in [0.25, 0.3) is 5.91 Å². The Bertz CT molecular complexity index is 1300. The van der Waals surface area contributed by atoms with Crippen molar-refractivity contribution in [3.63, 3.8) is 0 Å². The third-order valence-corrected chi connectivity index (χ3v) is 5.39. The molecule has 0 aromatic heterocycles. The van der Waals surface area contributed by atoms with Crippen LogP contribution in [0.1, 0.15) is 42.0 Å². The number of ether oxygens (including phenoxy) is 2. The summed E-state index contributed by atoms with van der Waals surface area (Å²) in [6, 6.07) is 24.1. The molecule has 0 heterocycles. The maximum atomic E-state index is 12.4. The predicted octanol–water partition coefficient (Wildman–Crippen LogP) is 5.66. The number of rotatable bonds is 9. The molecule has 0 atom stereocenters. The first-order valence-electron chi connectivity index (χ1n) is 11.5. The summed E-state index contributed by atoms with van der Waals surface area (Å²) in [6.07, 6.45) is 4.49. The number of nitrogens with one attached hydrogen (secondary N) is 1. The zero-order valence-corrected chi connectivity index (χ0v) is 20.5. The lowest BCUT2D eigenvalue weighted by Crippen LogP contribution is -2.23. The topological polar surface area (TPSA) is 88.4 Å². The lowest BCUT2D eigenvalue weighted by atomic mass is 10.0. The maximum absolute atomic E-state index is 12.4. The van der Waals surface area contributed by atoms with Gasteiger partial charge in [0.1, 0.15) is 11.6 Å². The zero-order valence-electron chi connectivity index (χ0n) is 20.5. The Labute approximate surface area is 211 Å². The molecule has 3 rings (SSSR count). The Morgan fingerprint density at radius 1 is 0.972 bits per heavy atom. The number of hydrogen-bond acceptors (Lipinski definition) is 5. The molecule has 0 fully saturated rings. The Morgan fingerprint density at radius 2 is 1.67 bits per heavy atom. The minimum Gasteiger partial charge on any atom is -0.493 e. The van der Waals surface area contributed by atoms with Gasteiger partial charge in [0.2, 0.25) is 0 Å². The van der Waals surface area contributed by atoms with Crippen LogP contribution in [0.2, 0.25) is 0 Å². The van der Waals surface area contributed by atoms with Crippen molar-refractivity contribution >= 4 is 24.0 Å². The van der Waals surface area contributed by atoms with Gasteiger partial charge in [-0.3, -0.25) is 4.79 Å². The fraction of sp³-hybridized carbons (Fsp3) is 0.167. The van der Waals surface area contributed by atoms with Gasteiger partial charge in [-0.15, -0.1) is 0 Å². The molecule has 3 aromatic rings. The average Bonchev–Trinajstić information content (AvgIpc) is 2.90. The molecule has 0 bridgehead atoms. The average molecular weight is 481 g/mol. The molecule has 0 spiro atoms. The van der Waals surface area contributed by atoms with E-state index in [1.165, 1.54) is 24.8 Å². The van der Waals surface area contributed by atoms with Crippen LogP contribution in [0.3, 0.4) is 0 Å². The molecule has 0 aliphatic rings. The van der Waals surface area contributed by atoms with Gasteiger partial charge in [-0.1, -0.05) is 74.5 Å². The van der Waals surface area contributed by atoms with E-state index < -0.39 is 11.9 Å². The summed E-state index contributed by atoms with van der Waals surface area (Å²) in [5.41, 5.74) is 3.54. The molecule has 6 heteroatoms. The van der Waals surface area contributed by atoms with Gasteiger partial charge in [-0.2, -0.15) is 5.26 Å². The summed E-state index contributed by atoms with van der Waals surface area (Å²) in [5, 5.41) is 12.2. The first-order valence-corrected chi connectivity index (χ1v) is 11.5. The molecular weight excluding hydrogens is 452 g/mol. The van der Waals surface area contributed by atoms with Gasteiger partial charge in [-0.05, 0) is 52.5 Å². The highest BCUT2D eigenvalue weighted by Gasteiger charge is 2.12. The van der Waals surface area contributed by atoms with Crippen molar-refractivity contribution in [1.82, 2.24) is 5.32 Å². The monoisotopic (exact) mass is 480 g/mol. The second-order valence-electron chi connectivity index (χ2n) is 8.32. The van der Waals surface area contributed by atoms with Crippen LogP contribution in [-0.4, -0.2) is 19.0 Å². The van der Waals surface area contributed by atoms with E-state index in [0.717, 1.165) is 11.1 Å². The van der Waals surface area contributed by atoms with Crippen LogP contribution < -0.4 is 14.8 Å². The molecule has 0 aliphatic heterocycles. The SMILES string of the molecule is COc1cc(/C=C(\C#N)C(=O)NCc2ccccc2)ccc1OC(=O)/C=C/c1ccc(C(C)C)cc1. The number of nitriles is 1. The van der Waals surface area contributed by atoms with Crippen LogP contribution in [0.15, 0.2) is 84.4 Å². The summed E-state index contributed by atoms with van der Waals surface area (Å²) < 4.78 is 10.8. The highest BCUT2D eigenvalue weighted by Crippen LogP contribution is 2.29. The number of esters is 1. The van der Waals surface area contributed by atoms with Gasteiger partial charge < -0.3 is 14.8 Å². The molecule has 182 valence electrons. The fourth-order valence-electron chi connectivity index (χ4n) is 3.35. The highest BCUT2D eigenvalue weighted by atomic mass is 16.6. The molecule has 36 heavy (non-hydrogen) atoms. The van der Waals surface area contributed by atoms with E-state index in [0.29, 0.717) is 23.8 Å². The van der Waals surface area contributed by atoms with E-state index in [2.05, 4.69) is 19.2 Å². The molecule has 1 N–H and O–H groups in total. The van der Waals surface area contributed by atoms with Crippen molar-refractivity contribution in [1.29, 1.82) is 5.26 Å². The summed E-state index contributed by atoms with van der Waals surface area (Å²) in [4.78, 5) is 24.8. The van der Waals surface area contributed by atoms with Crippen molar-refractivity contribution in [3.05, 3.63) is 107 Å². The molecule has 0 unspecified atom stereocenters. The predicted molar refractivity (Wildman–Crippen MR) is 140 cm³/mol. The summed E-state index contributed by atoms with van der Waals surface area (Å²) in [7, 11) is 1.45. The normalized spacial score (nSPS) is 11.2. The Hall–Kier alpha value is -4.63. The molecule has 0 saturated carbocycles. The number of carbonyl (C=O) groups is 2. The standard InChI is InChI=1S/C30H28N2O4/c1-21(2)25-13-9-22(10-14-25)12-16-29(33)36-27-15-11-24(18-28(27)35-3)17-26(19-31)30(34)32-20-23-7-5-4-6-8-23/h4-18,21H,20H2,1-3H3,(H,32,34)/b16-12+,26-17+. The fourth-order valence-corrected chi connectivity index (χ4v) is 3.35. The van der Waals surface area contributed by atoms with Crippen molar-refractivity contribution < 1.29 is 19.1 Å². The smallest absolute Gasteiger partial charge is 0.336 e. The van der Waals surface area contributed by atoms with E-state index >= 15 is 0 Å². The number of methoxy groups -OCH3 is 1. The molecule has 3 aromatic carbocycles. The molecule has 0 saturated heterocycles. The number of amides is 1. The van der Waals surface area contributed by atoms with Crippen molar-refractivity contribution in [2.45, 2.75) is 26.3 Å². The number of nitrogens with zero attached hydrogens (tertiary/aromatic N) is 1. The van der Waals surface area contributed by atoms with Crippen LogP contribution >= 0.6 is 0 Å². The lowest BCUT2D eigenvalue weighted by Gasteiger charge is -2.09. The van der Waals surface area contributed by atoms with Gasteiger partial charge in [-0.25, -0.2) is 4.79 Å². The van der Waals surface area contributed by atoms with Crippen LogP contribution in [-0.2, 0) is 16.1 Å². The molecule has 1 amide bonds. The van der Waals surface area contributed by atoms with Crippen molar-refractivity contribution in [2.24, 2.45) is 0 Å². The molecule has 6 nitrogen and oxygen atoms in total. The van der Waals surface area contributed by atoms with Gasteiger partial charge in [0, 0.05) is 12.6 Å². The van der Waals surface area contributed by atoms with Crippen LogP contribution in [0, 0.1) is 11.3 Å². The second kappa shape index (κ2) is 12.7. The zero-order chi connectivity index (χ0) is 25.9. The van der Waals surface area contributed by atoms with E-state index in [9.17, 15) is 14.9 Å². The second-order valence-corrected chi connectivity index (χ2v) is 8.32. The molecular formula is C30H28N2O4. The minimum absolute atomic E-state index is 0.0517. The van der Waals surface area contributed by atoms with Crippen LogP contribution in [0.25, 0.3) is 12.2 Å². The molecule has 0 aliphatic carbocycles. The largest absolute Gasteiger partial charge is 0.493 e. The van der Waals surface area contributed by atoms with Crippen molar-refractivity contribution in [3.8, 4) is 17.6 Å².